The summed E-state index contributed by atoms with van der Waals surface area (Å²) >= 11 is 0. The van der Waals surface area contributed by atoms with E-state index in [0.29, 0.717) is 19.6 Å². The molecule has 0 unspecified atom stereocenters. The maximum atomic E-state index is 5.25. The van der Waals surface area contributed by atoms with Crippen molar-refractivity contribution in [1.29, 1.82) is 0 Å². The van der Waals surface area contributed by atoms with E-state index < -0.39 is 0 Å². The maximum absolute atomic E-state index is 5.25. The molecule has 4 heterocycles. The van der Waals surface area contributed by atoms with Gasteiger partial charge in [0.15, 0.2) is 0 Å². The van der Waals surface area contributed by atoms with Gasteiger partial charge in [0.25, 0.3) is 0 Å². The first-order valence-electron chi connectivity index (χ1n) is 13.1. The number of ether oxygens (including phenoxy) is 2. The quantitative estimate of drug-likeness (QED) is 0.302. The number of aromatic nitrogens is 5. The first-order chi connectivity index (χ1) is 18.7. The zero-order chi connectivity index (χ0) is 26.2. The van der Waals surface area contributed by atoms with Crippen LogP contribution in [0.4, 0.5) is 5.69 Å². The second-order valence-electron chi connectivity index (χ2n) is 9.41. The summed E-state index contributed by atoms with van der Waals surface area (Å²) in [4.78, 5) is 18.7. The van der Waals surface area contributed by atoms with Gasteiger partial charge < -0.3 is 14.4 Å². The number of anilines is 1. The molecule has 9 nitrogen and oxygen atoms in total. The molecule has 0 spiro atoms. The maximum Gasteiger partial charge on any atom is 0.133 e. The van der Waals surface area contributed by atoms with Crippen molar-refractivity contribution in [3.63, 3.8) is 0 Å². The zero-order valence-electron chi connectivity index (χ0n) is 22.2. The summed E-state index contributed by atoms with van der Waals surface area (Å²) in [5.74, 6) is 0.781. The van der Waals surface area contributed by atoms with Gasteiger partial charge in [-0.1, -0.05) is 12.1 Å². The molecule has 3 aromatic heterocycles. The van der Waals surface area contributed by atoms with Crippen LogP contribution in [0.2, 0.25) is 0 Å². The Bertz CT molecular complexity index is 1290. The fraction of sp³-hybridized carbons (Fsp3) is 0.379. The number of methoxy groups -OCH3 is 2. The molecule has 0 saturated carbocycles. The summed E-state index contributed by atoms with van der Waals surface area (Å²) in [5.41, 5.74) is 6.06. The lowest BCUT2D eigenvalue weighted by atomic mass is 10.1. The smallest absolute Gasteiger partial charge is 0.133 e. The molecule has 1 aliphatic rings. The molecule has 5 rings (SSSR count). The van der Waals surface area contributed by atoms with Crippen molar-refractivity contribution in [2.75, 3.05) is 65.1 Å². The normalized spacial score (nSPS) is 14.2. The van der Waals surface area contributed by atoms with E-state index in [2.05, 4.69) is 44.0 Å². The molecule has 0 amide bonds. The van der Waals surface area contributed by atoms with E-state index in [9.17, 15) is 0 Å². The van der Waals surface area contributed by atoms with Crippen LogP contribution in [0.25, 0.3) is 22.5 Å². The van der Waals surface area contributed by atoms with Crippen molar-refractivity contribution in [1.82, 2.24) is 29.6 Å². The van der Waals surface area contributed by atoms with Crippen LogP contribution in [0.5, 0.6) is 0 Å². The summed E-state index contributed by atoms with van der Waals surface area (Å²) in [6, 6.07) is 14.7. The van der Waals surface area contributed by atoms with E-state index in [4.69, 9.17) is 19.6 Å². The van der Waals surface area contributed by atoms with Gasteiger partial charge in [-0.15, -0.1) is 0 Å². The molecule has 9 heteroatoms. The first-order valence-corrected chi connectivity index (χ1v) is 13.1. The Morgan fingerprint density at radius 2 is 1.66 bits per heavy atom. The first kappa shape index (κ1) is 26.0. The third-order valence-electron chi connectivity index (χ3n) is 6.85. The zero-order valence-corrected chi connectivity index (χ0v) is 22.2. The lowest BCUT2D eigenvalue weighted by Crippen LogP contribution is -2.47. The van der Waals surface area contributed by atoms with Crippen molar-refractivity contribution in [2.24, 2.45) is 0 Å². The van der Waals surface area contributed by atoms with Crippen molar-refractivity contribution in [3.05, 3.63) is 78.6 Å². The average molecular weight is 514 g/mol. The number of hydrogen-bond acceptors (Lipinski definition) is 8. The molecule has 4 aromatic rings. The Labute approximate surface area is 224 Å². The van der Waals surface area contributed by atoms with Gasteiger partial charge in [-0.25, -0.2) is 9.97 Å². The van der Waals surface area contributed by atoms with E-state index in [-0.39, 0.29) is 0 Å². The molecule has 0 bridgehead atoms. The molecule has 0 N–H and O–H groups in total. The number of rotatable bonds is 11. The van der Waals surface area contributed by atoms with Crippen molar-refractivity contribution in [2.45, 2.75) is 13.0 Å². The van der Waals surface area contributed by atoms with Crippen LogP contribution in [0.1, 0.15) is 11.4 Å². The molecular weight excluding hydrogens is 478 g/mol. The van der Waals surface area contributed by atoms with Gasteiger partial charge in [0.05, 0.1) is 25.5 Å². The van der Waals surface area contributed by atoms with Crippen molar-refractivity contribution >= 4 is 5.69 Å². The molecule has 38 heavy (non-hydrogen) atoms. The lowest BCUT2D eigenvalue weighted by Gasteiger charge is -2.36. The van der Waals surface area contributed by atoms with Gasteiger partial charge >= 0.3 is 0 Å². The van der Waals surface area contributed by atoms with Crippen LogP contribution in [-0.4, -0.2) is 89.8 Å². The Morgan fingerprint density at radius 1 is 0.868 bits per heavy atom. The molecular formula is C29H35N7O2. The predicted molar refractivity (Wildman–Crippen MR) is 148 cm³/mol. The predicted octanol–water partition coefficient (Wildman–Crippen LogP) is 3.41. The minimum atomic E-state index is 0.585. The van der Waals surface area contributed by atoms with Gasteiger partial charge in [-0.05, 0) is 35.9 Å². The monoisotopic (exact) mass is 513 g/mol. The Balaban J connectivity index is 1.29. The van der Waals surface area contributed by atoms with E-state index in [0.717, 1.165) is 67.7 Å². The molecule has 198 valence electrons. The van der Waals surface area contributed by atoms with Crippen LogP contribution in [0, 0.1) is 0 Å². The number of pyridine rings is 1. The Hall–Kier alpha value is -3.66. The highest BCUT2D eigenvalue weighted by Gasteiger charge is 2.18. The highest BCUT2D eigenvalue weighted by atomic mass is 16.5. The average Bonchev–Trinajstić information content (AvgIpc) is 3.41. The molecule has 0 radical (unpaired) electrons. The second kappa shape index (κ2) is 12.7. The third-order valence-corrected chi connectivity index (χ3v) is 6.85. The van der Waals surface area contributed by atoms with Gasteiger partial charge in [0.2, 0.25) is 0 Å². The topological polar surface area (TPSA) is 81.4 Å². The van der Waals surface area contributed by atoms with Crippen LogP contribution in [-0.2, 0) is 22.4 Å². The lowest BCUT2D eigenvalue weighted by molar-refractivity contribution is 0.144. The number of benzene rings is 1. The molecule has 1 aromatic carbocycles. The number of nitrogens with zero attached hydrogens (tertiary/aromatic N) is 7. The molecule has 1 fully saturated rings. The van der Waals surface area contributed by atoms with Crippen LogP contribution < -0.4 is 4.90 Å². The van der Waals surface area contributed by atoms with E-state index >= 15 is 0 Å². The molecule has 0 aliphatic carbocycles. The Morgan fingerprint density at radius 3 is 2.39 bits per heavy atom. The van der Waals surface area contributed by atoms with Gasteiger partial charge in [0.1, 0.15) is 11.5 Å². The number of piperazine rings is 1. The van der Waals surface area contributed by atoms with Crippen molar-refractivity contribution in [3.8, 4) is 22.5 Å². The molecule has 1 aliphatic heterocycles. The van der Waals surface area contributed by atoms with E-state index in [1.807, 2.05) is 41.5 Å². The summed E-state index contributed by atoms with van der Waals surface area (Å²) < 4.78 is 12.4. The highest BCUT2D eigenvalue weighted by molar-refractivity contribution is 5.78. The second-order valence-corrected chi connectivity index (χ2v) is 9.41. The number of hydrogen-bond donors (Lipinski definition) is 0. The summed E-state index contributed by atoms with van der Waals surface area (Å²) in [7, 11) is 3.46. The van der Waals surface area contributed by atoms with Gasteiger partial charge in [-0.2, -0.15) is 5.10 Å². The molecule has 0 atom stereocenters. The standard InChI is InChI=1S/C29H35N7O2/c1-37-18-16-34-12-14-35(15-13-34)25-7-5-23(6-8-25)20-28-31-11-9-27(32-28)26-22-36(17-19-38-2)33-29(26)24-4-3-10-30-21-24/h3-11,21-22H,12-20H2,1-2H3. The van der Waals surface area contributed by atoms with Crippen LogP contribution in [0.15, 0.2) is 67.3 Å². The van der Waals surface area contributed by atoms with E-state index in [1.54, 1.807) is 20.4 Å². The minimum absolute atomic E-state index is 0.585. The summed E-state index contributed by atoms with van der Waals surface area (Å²) in [6.45, 7) is 7.23. The summed E-state index contributed by atoms with van der Waals surface area (Å²) in [5, 5.41) is 4.80. The fourth-order valence-electron chi connectivity index (χ4n) is 4.72. The highest BCUT2D eigenvalue weighted by Crippen LogP contribution is 2.29. The fourth-order valence-corrected chi connectivity index (χ4v) is 4.72. The van der Waals surface area contributed by atoms with Crippen LogP contribution >= 0.6 is 0 Å². The minimum Gasteiger partial charge on any atom is -0.383 e. The summed E-state index contributed by atoms with van der Waals surface area (Å²) in [6.07, 6.45) is 8.11. The van der Waals surface area contributed by atoms with Gasteiger partial charge in [-0.3, -0.25) is 14.6 Å². The van der Waals surface area contributed by atoms with Gasteiger partial charge in [0, 0.05) is 95.0 Å². The molecule has 1 saturated heterocycles. The Kier molecular flexibility index (Phi) is 8.70. The largest absolute Gasteiger partial charge is 0.383 e. The van der Waals surface area contributed by atoms with Crippen molar-refractivity contribution < 1.29 is 9.47 Å². The third kappa shape index (κ3) is 6.42. The van der Waals surface area contributed by atoms with E-state index in [1.165, 1.54) is 11.3 Å². The SMILES string of the molecule is COCCN1CCN(c2ccc(Cc3nccc(-c4cn(CCOC)nc4-c4cccnc4)n3)cc2)CC1. The van der Waals surface area contributed by atoms with Crippen LogP contribution in [0.3, 0.4) is 0 Å².